The highest BCUT2D eigenvalue weighted by molar-refractivity contribution is 5.22. The number of hydrogen-bond donors (Lipinski definition) is 1. The van der Waals surface area contributed by atoms with Crippen LogP contribution in [0.25, 0.3) is 0 Å². The zero-order chi connectivity index (χ0) is 13.7. The third-order valence-electron chi connectivity index (χ3n) is 2.89. The monoisotopic (exact) mass is 263 g/mol. The van der Waals surface area contributed by atoms with Crippen LogP contribution in [0.15, 0.2) is 36.9 Å². The van der Waals surface area contributed by atoms with Crippen molar-refractivity contribution in [3.05, 3.63) is 59.7 Å². The normalized spacial score (nSPS) is 12.4. The summed E-state index contributed by atoms with van der Waals surface area (Å²) in [5, 5.41) is 3.22. The predicted octanol–water partition coefficient (Wildman–Crippen LogP) is 2.65. The average Bonchev–Trinajstić information content (AvgIpc) is 2.44. The molecule has 2 aromatic rings. The molecule has 0 aliphatic heterocycles. The summed E-state index contributed by atoms with van der Waals surface area (Å²) in [6.07, 6.45) is 5.15. The molecule has 2 rings (SSSR count). The molecule has 0 bridgehead atoms. The van der Waals surface area contributed by atoms with Crippen molar-refractivity contribution in [1.29, 1.82) is 0 Å². The van der Waals surface area contributed by atoms with Gasteiger partial charge in [0, 0.05) is 24.0 Å². The molecule has 1 aromatic carbocycles. The largest absolute Gasteiger partial charge is 0.310 e. The third kappa shape index (κ3) is 3.32. The van der Waals surface area contributed by atoms with Crippen molar-refractivity contribution in [2.24, 2.45) is 0 Å². The van der Waals surface area contributed by atoms with E-state index in [0.29, 0.717) is 12.0 Å². The number of hydrogen-bond acceptors (Lipinski definition) is 3. The molecule has 1 heterocycles. The van der Waals surface area contributed by atoms with E-state index < -0.39 is 11.6 Å². The van der Waals surface area contributed by atoms with Gasteiger partial charge in [0.25, 0.3) is 0 Å². The molecule has 0 radical (unpaired) electrons. The van der Waals surface area contributed by atoms with Gasteiger partial charge in [-0.25, -0.2) is 18.7 Å². The van der Waals surface area contributed by atoms with Crippen LogP contribution in [-0.4, -0.2) is 16.5 Å². The maximum atomic E-state index is 13.7. The molecule has 0 aliphatic rings. The van der Waals surface area contributed by atoms with Crippen LogP contribution in [0.4, 0.5) is 8.78 Å². The maximum absolute atomic E-state index is 13.7. The summed E-state index contributed by atoms with van der Waals surface area (Å²) in [7, 11) is 0. The first-order chi connectivity index (χ1) is 9.22. The van der Waals surface area contributed by atoms with Gasteiger partial charge < -0.3 is 5.32 Å². The van der Waals surface area contributed by atoms with Crippen LogP contribution >= 0.6 is 0 Å². The number of nitrogens with zero attached hydrogens (tertiary/aromatic N) is 2. The SMILES string of the molecule is CCNC(Cc1cccc(F)c1F)c1cncnc1. The van der Waals surface area contributed by atoms with Gasteiger partial charge in [0.1, 0.15) is 6.33 Å². The van der Waals surface area contributed by atoms with Gasteiger partial charge in [-0.2, -0.15) is 0 Å². The molecule has 0 saturated carbocycles. The fraction of sp³-hybridized carbons (Fsp3) is 0.286. The zero-order valence-corrected chi connectivity index (χ0v) is 10.6. The van der Waals surface area contributed by atoms with Gasteiger partial charge in [-0.3, -0.25) is 0 Å². The van der Waals surface area contributed by atoms with E-state index in [-0.39, 0.29) is 6.04 Å². The number of rotatable bonds is 5. The molecule has 0 fully saturated rings. The summed E-state index contributed by atoms with van der Waals surface area (Å²) in [5.74, 6) is -1.61. The Labute approximate surface area is 110 Å². The minimum absolute atomic E-state index is 0.137. The topological polar surface area (TPSA) is 37.8 Å². The van der Waals surface area contributed by atoms with Crippen molar-refractivity contribution >= 4 is 0 Å². The molecule has 100 valence electrons. The molecule has 1 atom stereocenters. The van der Waals surface area contributed by atoms with Crippen molar-refractivity contribution in [3.8, 4) is 0 Å². The highest BCUT2D eigenvalue weighted by Gasteiger charge is 2.15. The average molecular weight is 263 g/mol. The number of likely N-dealkylation sites (N-methyl/N-ethyl adjacent to an activating group) is 1. The standard InChI is InChI=1S/C14H15F2N3/c1-2-19-13(11-7-17-9-18-8-11)6-10-4-3-5-12(15)14(10)16/h3-5,7-9,13,19H,2,6H2,1H3. The summed E-state index contributed by atoms with van der Waals surface area (Å²) >= 11 is 0. The van der Waals surface area contributed by atoms with Crippen molar-refractivity contribution < 1.29 is 8.78 Å². The quantitative estimate of drug-likeness (QED) is 0.901. The molecule has 1 N–H and O–H groups in total. The first-order valence-electron chi connectivity index (χ1n) is 6.13. The van der Waals surface area contributed by atoms with E-state index in [1.807, 2.05) is 6.92 Å². The van der Waals surface area contributed by atoms with Crippen LogP contribution in [0.2, 0.25) is 0 Å². The van der Waals surface area contributed by atoms with Crippen molar-refractivity contribution in [2.45, 2.75) is 19.4 Å². The molecular formula is C14H15F2N3. The van der Waals surface area contributed by atoms with Crippen LogP contribution in [0.1, 0.15) is 24.1 Å². The molecule has 5 heteroatoms. The Balaban J connectivity index is 2.24. The van der Waals surface area contributed by atoms with Crippen LogP contribution in [0, 0.1) is 11.6 Å². The summed E-state index contributed by atoms with van der Waals surface area (Å²) in [6, 6.07) is 4.08. The van der Waals surface area contributed by atoms with E-state index >= 15 is 0 Å². The van der Waals surface area contributed by atoms with E-state index in [0.717, 1.165) is 18.2 Å². The minimum Gasteiger partial charge on any atom is -0.310 e. The molecule has 0 amide bonds. The molecular weight excluding hydrogens is 248 g/mol. The van der Waals surface area contributed by atoms with Gasteiger partial charge in [-0.15, -0.1) is 0 Å². The van der Waals surface area contributed by atoms with E-state index in [1.54, 1.807) is 18.5 Å². The first kappa shape index (κ1) is 13.5. The van der Waals surface area contributed by atoms with Gasteiger partial charge in [-0.1, -0.05) is 19.1 Å². The number of benzene rings is 1. The van der Waals surface area contributed by atoms with Gasteiger partial charge in [0.15, 0.2) is 11.6 Å². The van der Waals surface area contributed by atoms with Crippen LogP contribution < -0.4 is 5.32 Å². The predicted molar refractivity (Wildman–Crippen MR) is 68.5 cm³/mol. The van der Waals surface area contributed by atoms with E-state index in [4.69, 9.17) is 0 Å². The molecule has 1 unspecified atom stereocenters. The lowest BCUT2D eigenvalue weighted by atomic mass is 10.0. The van der Waals surface area contributed by atoms with E-state index in [2.05, 4.69) is 15.3 Å². The van der Waals surface area contributed by atoms with Crippen LogP contribution in [0.5, 0.6) is 0 Å². The van der Waals surface area contributed by atoms with Gasteiger partial charge >= 0.3 is 0 Å². The second kappa shape index (κ2) is 6.33. The maximum Gasteiger partial charge on any atom is 0.162 e. The fourth-order valence-corrected chi connectivity index (χ4v) is 1.97. The highest BCUT2D eigenvalue weighted by atomic mass is 19.2. The van der Waals surface area contributed by atoms with Crippen molar-refractivity contribution in [2.75, 3.05) is 6.54 Å². The molecule has 1 aromatic heterocycles. The van der Waals surface area contributed by atoms with Crippen molar-refractivity contribution in [3.63, 3.8) is 0 Å². The van der Waals surface area contributed by atoms with E-state index in [9.17, 15) is 8.78 Å². The number of nitrogens with one attached hydrogen (secondary N) is 1. The molecule has 0 spiro atoms. The summed E-state index contributed by atoms with van der Waals surface area (Å²) in [5.41, 5.74) is 1.20. The second-order valence-corrected chi connectivity index (χ2v) is 4.20. The van der Waals surface area contributed by atoms with Crippen LogP contribution in [0.3, 0.4) is 0 Å². The number of aromatic nitrogens is 2. The Morgan fingerprint density at radius 1 is 1.21 bits per heavy atom. The Morgan fingerprint density at radius 2 is 1.95 bits per heavy atom. The minimum atomic E-state index is -0.822. The smallest absolute Gasteiger partial charge is 0.162 e. The summed E-state index contributed by atoms with van der Waals surface area (Å²) in [4.78, 5) is 7.90. The zero-order valence-electron chi connectivity index (χ0n) is 10.6. The Bertz CT molecular complexity index is 531. The Hall–Kier alpha value is -1.88. The van der Waals surface area contributed by atoms with E-state index in [1.165, 1.54) is 12.4 Å². The Kier molecular flexibility index (Phi) is 4.52. The lowest BCUT2D eigenvalue weighted by molar-refractivity contribution is 0.480. The fourth-order valence-electron chi connectivity index (χ4n) is 1.97. The third-order valence-corrected chi connectivity index (χ3v) is 2.89. The van der Waals surface area contributed by atoms with Gasteiger partial charge in [0.2, 0.25) is 0 Å². The van der Waals surface area contributed by atoms with Crippen molar-refractivity contribution in [1.82, 2.24) is 15.3 Å². The lowest BCUT2D eigenvalue weighted by Gasteiger charge is -2.18. The summed E-state index contributed by atoms with van der Waals surface area (Å²) < 4.78 is 26.9. The second-order valence-electron chi connectivity index (χ2n) is 4.20. The molecule has 19 heavy (non-hydrogen) atoms. The number of halogens is 2. The molecule has 0 aliphatic carbocycles. The van der Waals surface area contributed by atoms with Gasteiger partial charge in [0.05, 0.1) is 0 Å². The first-order valence-corrected chi connectivity index (χ1v) is 6.13. The molecule has 0 saturated heterocycles. The van der Waals surface area contributed by atoms with Crippen LogP contribution in [-0.2, 0) is 6.42 Å². The lowest BCUT2D eigenvalue weighted by Crippen LogP contribution is -2.23. The molecule has 3 nitrogen and oxygen atoms in total. The summed E-state index contributed by atoms with van der Waals surface area (Å²) in [6.45, 7) is 2.68. The Morgan fingerprint density at radius 3 is 2.63 bits per heavy atom. The highest BCUT2D eigenvalue weighted by Crippen LogP contribution is 2.20. The van der Waals surface area contributed by atoms with Gasteiger partial charge in [-0.05, 0) is 24.6 Å².